The molecule has 0 aliphatic rings. The molecule has 0 fully saturated rings. The molecule has 1 aromatic carbocycles. The first-order valence-electron chi connectivity index (χ1n) is 5.65. The van der Waals surface area contributed by atoms with Crippen molar-refractivity contribution >= 4 is 17.4 Å². The molecule has 2 amide bonds. The summed E-state index contributed by atoms with van der Waals surface area (Å²) in [5, 5.41) is 5.48. The van der Waals surface area contributed by atoms with Gasteiger partial charge >= 0.3 is 6.03 Å². The molecular weight excluding hydrogens is 218 g/mol. The summed E-state index contributed by atoms with van der Waals surface area (Å²) in [6.07, 6.45) is 2.01. The summed E-state index contributed by atoms with van der Waals surface area (Å²) >= 11 is 0. The van der Waals surface area contributed by atoms with Crippen LogP contribution in [0, 0.1) is 0 Å². The minimum atomic E-state index is -0.235. The highest BCUT2D eigenvalue weighted by molar-refractivity contribution is 5.91. The van der Waals surface area contributed by atoms with Crippen LogP contribution in [0.4, 0.5) is 16.2 Å². The van der Waals surface area contributed by atoms with Crippen molar-refractivity contribution < 1.29 is 9.53 Å². The van der Waals surface area contributed by atoms with Crippen LogP contribution < -0.4 is 21.1 Å². The first-order valence-corrected chi connectivity index (χ1v) is 5.65. The van der Waals surface area contributed by atoms with E-state index in [0.29, 0.717) is 23.7 Å². The third kappa shape index (κ3) is 4.22. The molecule has 4 N–H and O–H groups in total. The zero-order valence-electron chi connectivity index (χ0n) is 10.2. The van der Waals surface area contributed by atoms with Crippen LogP contribution in [0.3, 0.4) is 0 Å². The summed E-state index contributed by atoms with van der Waals surface area (Å²) in [5.74, 6) is 0.552. The number of nitrogens with one attached hydrogen (secondary N) is 2. The van der Waals surface area contributed by atoms with Gasteiger partial charge in [0.15, 0.2) is 0 Å². The van der Waals surface area contributed by atoms with Crippen LogP contribution in [0.2, 0.25) is 0 Å². The Morgan fingerprint density at radius 3 is 2.88 bits per heavy atom. The van der Waals surface area contributed by atoms with E-state index >= 15 is 0 Å². The van der Waals surface area contributed by atoms with Gasteiger partial charge in [0.2, 0.25) is 0 Å². The number of methoxy groups -OCH3 is 1. The highest BCUT2D eigenvalue weighted by Gasteiger charge is 2.06. The van der Waals surface area contributed by atoms with Gasteiger partial charge in [-0.25, -0.2) is 4.79 Å². The second-order valence-corrected chi connectivity index (χ2v) is 3.69. The van der Waals surface area contributed by atoms with Crippen molar-refractivity contribution in [1.29, 1.82) is 0 Å². The van der Waals surface area contributed by atoms with E-state index in [1.54, 1.807) is 18.2 Å². The number of carbonyl (C=O) groups is 1. The highest BCUT2D eigenvalue weighted by atomic mass is 16.5. The number of ether oxygens (including phenoxy) is 1. The quantitative estimate of drug-likeness (QED) is 0.542. The first-order chi connectivity index (χ1) is 8.17. The number of hydrogen-bond acceptors (Lipinski definition) is 3. The fourth-order valence-electron chi connectivity index (χ4n) is 1.36. The number of rotatable bonds is 5. The number of anilines is 2. The van der Waals surface area contributed by atoms with Gasteiger partial charge in [0.1, 0.15) is 5.75 Å². The number of nitrogen functional groups attached to an aromatic ring is 1. The minimum absolute atomic E-state index is 0.235. The average molecular weight is 237 g/mol. The van der Waals surface area contributed by atoms with Crippen LogP contribution in [0.5, 0.6) is 5.75 Å². The Morgan fingerprint density at radius 1 is 1.47 bits per heavy atom. The molecule has 0 spiro atoms. The molecule has 0 unspecified atom stereocenters. The summed E-state index contributed by atoms with van der Waals surface area (Å²) in [6, 6.07) is 4.86. The summed E-state index contributed by atoms with van der Waals surface area (Å²) < 4.78 is 5.13. The van der Waals surface area contributed by atoms with E-state index in [2.05, 4.69) is 17.6 Å². The van der Waals surface area contributed by atoms with Crippen molar-refractivity contribution in [2.45, 2.75) is 19.8 Å². The van der Waals surface area contributed by atoms with E-state index in [1.807, 2.05) is 0 Å². The molecule has 0 bridgehead atoms. The van der Waals surface area contributed by atoms with Gasteiger partial charge in [-0.3, -0.25) is 0 Å². The van der Waals surface area contributed by atoms with Crippen molar-refractivity contribution in [1.82, 2.24) is 5.32 Å². The summed E-state index contributed by atoms with van der Waals surface area (Å²) in [7, 11) is 1.54. The molecular formula is C12H19N3O2. The van der Waals surface area contributed by atoms with Gasteiger partial charge in [0, 0.05) is 18.3 Å². The van der Waals surface area contributed by atoms with Crippen molar-refractivity contribution in [2.24, 2.45) is 0 Å². The van der Waals surface area contributed by atoms with Gasteiger partial charge in [-0.05, 0) is 18.6 Å². The largest absolute Gasteiger partial charge is 0.494 e. The molecule has 17 heavy (non-hydrogen) atoms. The van der Waals surface area contributed by atoms with Crippen LogP contribution in [0.15, 0.2) is 18.2 Å². The molecule has 94 valence electrons. The summed E-state index contributed by atoms with van der Waals surface area (Å²) in [5.41, 5.74) is 6.83. The van der Waals surface area contributed by atoms with Gasteiger partial charge in [-0.1, -0.05) is 13.3 Å². The van der Waals surface area contributed by atoms with Crippen LogP contribution in [-0.4, -0.2) is 19.7 Å². The van der Waals surface area contributed by atoms with Crippen molar-refractivity contribution in [2.75, 3.05) is 24.7 Å². The molecule has 0 aliphatic heterocycles. The molecule has 0 saturated carbocycles. The van der Waals surface area contributed by atoms with Crippen molar-refractivity contribution in [3.05, 3.63) is 18.2 Å². The fraction of sp³-hybridized carbons (Fsp3) is 0.417. The van der Waals surface area contributed by atoms with E-state index in [4.69, 9.17) is 10.5 Å². The van der Waals surface area contributed by atoms with Gasteiger partial charge in [-0.2, -0.15) is 0 Å². The SMILES string of the molecule is CCCCNC(=O)Nc1ccc(N)cc1OC. The van der Waals surface area contributed by atoms with Crippen LogP contribution in [0.25, 0.3) is 0 Å². The summed E-state index contributed by atoms with van der Waals surface area (Å²) in [4.78, 5) is 11.5. The van der Waals surface area contributed by atoms with Crippen LogP contribution in [0.1, 0.15) is 19.8 Å². The second kappa shape index (κ2) is 6.62. The Morgan fingerprint density at radius 2 is 2.24 bits per heavy atom. The Kier molecular flexibility index (Phi) is 5.13. The molecule has 0 radical (unpaired) electrons. The van der Waals surface area contributed by atoms with E-state index < -0.39 is 0 Å². The second-order valence-electron chi connectivity index (χ2n) is 3.69. The molecule has 1 rings (SSSR count). The first kappa shape index (κ1) is 13.2. The topological polar surface area (TPSA) is 76.4 Å². The van der Waals surface area contributed by atoms with Crippen LogP contribution in [-0.2, 0) is 0 Å². The molecule has 5 nitrogen and oxygen atoms in total. The third-order valence-corrected chi connectivity index (χ3v) is 2.29. The van der Waals surface area contributed by atoms with Crippen molar-refractivity contribution in [3.8, 4) is 5.75 Å². The number of hydrogen-bond donors (Lipinski definition) is 3. The molecule has 1 aromatic rings. The monoisotopic (exact) mass is 237 g/mol. The third-order valence-electron chi connectivity index (χ3n) is 2.29. The highest BCUT2D eigenvalue weighted by Crippen LogP contribution is 2.26. The van der Waals surface area contributed by atoms with Gasteiger partial charge in [0.25, 0.3) is 0 Å². The maximum absolute atomic E-state index is 11.5. The number of amides is 2. The van der Waals surface area contributed by atoms with E-state index in [0.717, 1.165) is 12.8 Å². The Balaban J connectivity index is 2.58. The Labute approximate surface area is 101 Å². The molecule has 0 aliphatic carbocycles. The summed E-state index contributed by atoms with van der Waals surface area (Å²) in [6.45, 7) is 2.74. The van der Waals surface area contributed by atoms with E-state index in [1.165, 1.54) is 7.11 Å². The molecule has 0 aromatic heterocycles. The molecule has 5 heteroatoms. The lowest BCUT2D eigenvalue weighted by atomic mass is 10.2. The normalized spacial score (nSPS) is 9.76. The maximum Gasteiger partial charge on any atom is 0.319 e. The van der Waals surface area contributed by atoms with Gasteiger partial charge in [0.05, 0.1) is 12.8 Å². The lowest BCUT2D eigenvalue weighted by Gasteiger charge is -2.11. The molecule has 0 atom stereocenters. The predicted octanol–water partition coefficient (Wildman–Crippen LogP) is 2.20. The van der Waals surface area contributed by atoms with Crippen LogP contribution >= 0.6 is 0 Å². The smallest absolute Gasteiger partial charge is 0.319 e. The molecule has 0 heterocycles. The lowest BCUT2D eigenvalue weighted by Crippen LogP contribution is -2.29. The standard InChI is InChI=1S/C12H19N3O2/c1-3-4-7-14-12(16)15-10-6-5-9(13)8-11(10)17-2/h5-6,8H,3-4,7,13H2,1-2H3,(H2,14,15,16). The van der Waals surface area contributed by atoms with E-state index in [-0.39, 0.29) is 6.03 Å². The number of benzene rings is 1. The zero-order chi connectivity index (χ0) is 12.7. The maximum atomic E-state index is 11.5. The Bertz CT molecular complexity index is 380. The van der Waals surface area contributed by atoms with E-state index in [9.17, 15) is 4.79 Å². The lowest BCUT2D eigenvalue weighted by molar-refractivity contribution is 0.252. The number of carbonyl (C=O) groups excluding carboxylic acids is 1. The Hall–Kier alpha value is -1.91. The zero-order valence-corrected chi connectivity index (χ0v) is 10.2. The number of urea groups is 1. The predicted molar refractivity (Wildman–Crippen MR) is 69.3 cm³/mol. The molecule has 0 saturated heterocycles. The number of nitrogens with two attached hydrogens (primary N) is 1. The number of unbranched alkanes of at least 4 members (excludes halogenated alkanes) is 1. The van der Waals surface area contributed by atoms with Gasteiger partial charge in [-0.15, -0.1) is 0 Å². The van der Waals surface area contributed by atoms with Gasteiger partial charge < -0.3 is 21.1 Å². The van der Waals surface area contributed by atoms with Crippen molar-refractivity contribution in [3.63, 3.8) is 0 Å². The fourth-order valence-corrected chi connectivity index (χ4v) is 1.36. The average Bonchev–Trinajstić information content (AvgIpc) is 2.32. The minimum Gasteiger partial charge on any atom is -0.494 e.